The second-order valence-electron chi connectivity index (χ2n) is 4.15. The van der Waals surface area contributed by atoms with Crippen molar-refractivity contribution in [3.05, 3.63) is 30.1 Å². The summed E-state index contributed by atoms with van der Waals surface area (Å²) in [5, 5.41) is 0. The lowest BCUT2D eigenvalue weighted by Crippen LogP contribution is -2.21. The van der Waals surface area contributed by atoms with Crippen molar-refractivity contribution in [3.63, 3.8) is 0 Å². The van der Waals surface area contributed by atoms with Gasteiger partial charge in [-0.3, -0.25) is 9.82 Å². The Morgan fingerprint density at radius 1 is 1.37 bits per heavy atom. The number of rotatable bonds is 8. The van der Waals surface area contributed by atoms with Crippen molar-refractivity contribution in [2.75, 3.05) is 26.4 Å². The second kappa shape index (κ2) is 8.27. The summed E-state index contributed by atoms with van der Waals surface area (Å²) in [5.41, 5.74) is 2.03. The second-order valence-corrected chi connectivity index (χ2v) is 4.90. The molecule has 0 atom stereocenters. The molecule has 6 heteroatoms. The zero-order chi connectivity index (χ0) is 13.3. The Morgan fingerprint density at radius 3 is 3.11 bits per heavy atom. The molecule has 0 aromatic carbocycles. The van der Waals surface area contributed by atoms with E-state index in [4.69, 9.17) is 9.57 Å². The summed E-state index contributed by atoms with van der Waals surface area (Å²) in [7, 11) is 0. The standard InChI is InChI=1S/C13H19N3O2S/c1-2-3-7-17-8-9-18-16-11-13(15-19-16)12-5-4-6-14-10-12/h4-6,10H,2-3,7-9,11H2,1H3. The van der Waals surface area contributed by atoms with Crippen molar-refractivity contribution in [3.8, 4) is 0 Å². The van der Waals surface area contributed by atoms with E-state index >= 15 is 0 Å². The number of aromatic nitrogens is 1. The van der Waals surface area contributed by atoms with Gasteiger partial charge in [0.15, 0.2) is 0 Å². The van der Waals surface area contributed by atoms with Crippen LogP contribution in [0.15, 0.2) is 28.9 Å². The normalized spacial score (nSPS) is 15.7. The Balaban J connectivity index is 1.62. The first-order valence-electron chi connectivity index (χ1n) is 6.52. The van der Waals surface area contributed by atoms with Gasteiger partial charge in [0.25, 0.3) is 0 Å². The van der Waals surface area contributed by atoms with Gasteiger partial charge in [0.1, 0.15) is 0 Å². The molecule has 0 fully saturated rings. The summed E-state index contributed by atoms with van der Waals surface area (Å²) in [6, 6.07) is 3.91. The molecule has 0 unspecified atom stereocenters. The van der Waals surface area contributed by atoms with Crippen molar-refractivity contribution in [1.82, 2.24) is 9.45 Å². The highest BCUT2D eigenvalue weighted by Crippen LogP contribution is 2.22. The molecule has 1 aliphatic rings. The Hall–Kier alpha value is -0.950. The molecule has 0 bridgehead atoms. The predicted molar refractivity (Wildman–Crippen MR) is 76.8 cm³/mol. The number of nitrogens with zero attached hydrogens (tertiary/aromatic N) is 3. The summed E-state index contributed by atoms with van der Waals surface area (Å²) in [4.78, 5) is 9.66. The fourth-order valence-electron chi connectivity index (χ4n) is 1.57. The van der Waals surface area contributed by atoms with Gasteiger partial charge < -0.3 is 4.74 Å². The van der Waals surface area contributed by atoms with E-state index in [2.05, 4.69) is 16.3 Å². The van der Waals surface area contributed by atoms with Crippen molar-refractivity contribution in [2.24, 2.45) is 4.40 Å². The number of hydrogen-bond donors (Lipinski definition) is 0. The number of hydrogen-bond acceptors (Lipinski definition) is 6. The lowest BCUT2D eigenvalue weighted by molar-refractivity contribution is -0.0839. The van der Waals surface area contributed by atoms with Crippen molar-refractivity contribution in [1.29, 1.82) is 0 Å². The molecule has 0 saturated carbocycles. The SMILES string of the molecule is CCCCOCCON1CC(c2cccnc2)=NS1. The van der Waals surface area contributed by atoms with E-state index in [9.17, 15) is 0 Å². The number of hydroxylamine groups is 1. The van der Waals surface area contributed by atoms with Crippen LogP contribution in [-0.2, 0) is 9.57 Å². The van der Waals surface area contributed by atoms with Gasteiger partial charge in [0.05, 0.1) is 37.6 Å². The van der Waals surface area contributed by atoms with Gasteiger partial charge in [-0.25, -0.2) is 4.40 Å². The zero-order valence-electron chi connectivity index (χ0n) is 11.1. The molecule has 19 heavy (non-hydrogen) atoms. The molecule has 0 radical (unpaired) electrons. The first-order valence-corrected chi connectivity index (χ1v) is 7.25. The van der Waals surface area contributed by atoms with Crippen LogP contribution in [0, 0.1) is 0 Å². The predicted octanol–water partition coefficient (Wildman–Crippen LogP) is 2.50. The summed E-state index contributed by atoms with van der Waals surface area (Å²) in [6.07, 6.45) is 5.84. The monoisotopic (exact) mass is 281 g/mol. The molecular formula is C13H19N3O2S. The molecule has 0 amide bonds. The van der Waals surface area contributed by atoms with Crippen LogP contribution >= 0.6 is 12.1 Å². The lowest BCUT2D eigenvalue weighted by atomic mass is 10.2. The third-order valence-electron chi connectivity index (χ3n) is 2.62. The summed E-state index contributed by atoms with van der Waals surface area (Å²) < 4.78 is 11.6. The quantitative estimate of drug-likeness (QED) is 0.541. The molecule has 0 N–H and O–H groups in total. The van der Waals surface area contributed by atoms with E-state index in [0.717, 1.165) is 30.7 Å². The molecule has 5 nitrogen and oxygen atoms in total. The molecule has 104 valence electrons. The van der Waals surface area contributed by atoms with Crippen molar-refractivity contribution < 1.29 is 9.57 Å². The highest BCUT2D eigenvalue weighted by molar-refractivity contribution is 7.96. The Labute approximate surface area is 118 Å². The van der Waals surface area contributed by atoms with Crippen LogP contribution in [0.1, 0.15) is 25.3 Å². The number of pyridine rings is 1. The maximum absolute atomic E-state index is 5.57. The maximum Gasteiger partial charge on any atom is 0.0930 e. The average molecular weight is 281 g/mol. The Bertz CT molecular complexity index is 400. The molecule has 2 rings (SSSR count). The van der Waals surface area contributed by atoms with Gasteiger partial charge in [0.2, 0.25) is 0 Å². The summed E-state index contributed by atoms with van der Waals surface area (Å²) >= 11 is 1.33. The van der Waals surface area contributed by atoms with Gasteiger partial charge in [-0.15, -0.1) is 4.47 Å². The molecule has 0 aliphatic carbocycles. The van der Waals surface area contributed by atoms with Crippen LogP contribution in [0.5, 0.6) is 0 Å². The van der Waals surface area contributed by atoms with Gasteiger partial charge in [-0.1, -0.05) is 13.3 Å². The minimum absolute atomic E-state index is 0.562. The van der Waals surface area contributed by atoms with Crippen LogP contribution in [0.4, 0.5) is 0 Å². The highest BCUT2D eigenvalue weighted by Gasteiger charge is 2.19. The van der Waals surface area contributed by atoms with E-state index in [1.54, 1.807) is 10.7 Å². The smallest absolute Gasteiger partial charge is 0.0930 e. The molecule has 2 heterocycles. The minimum Gasteiger partial charge on any atom is -0.379 e. The van der Waals surface area contributed by atoms with Crippen LogP contribution in [-0.4, -0.2) is 41.5 Å². The van der Waals surface area contributed by atoms with Gasteiger partial charge in [0, 0.05) is 24.6 Å². The maximum atomic E-state index is 5.57. The molecular weight excluding hydrogens is 262 g/mol. The molecule has 0 spiro atoms. The Morgan fingerprint density at radius 2 is 2.32 bits per heavy atom. The average Bonchev–Trinajstić information content (AvgIpc) is 2.92. The molecule has 1 aliphatic heterocycles. The van der Waals surface area contributed by atoms with Crippen LogP contribution in [0.2, 0.25) is 0 Å². The Kier molecular flexibility index (Phi) is 6.29. The third-order valence-corrected chi connectivity index (χ3v) is 3.34. The lowest BCUT2D eigenvalue weighted by Gasteiger charge is -2.12. The molecule has 1 aromatic heterocycles. The topological polar surface area (TPSA) is 47.0 Å². The fraction of sp³-hybridized carbons (Fsp3) is 0.538. The summed E-state index contributed by atoms with van der Waals surface area (Å²) in [5.74, 6) is 0. The van der Waals surface area contributed by atoms with E-state index < -0.39 is 0 Å². The molecule has 1 aromatic rings. The van der Waals surface area contributed by atoms with Crippen molar-refractivity contribution >= 4 is 17.8 Å². The van der Waals surface area contributed by atoms with E-state index in [1.807, 2.05) is 18.3 Å². The van der Waals surface area contributed by atoms with Gasteiger partial charge in [-0.05, 0) is 18.6 Å². The zero-order valence-corrected chi connectivity index (χ0v) is 11.9. The first kappa shape index (κ1) is 14.5. The van der Waals surface area contributed by atoms with Crippen LogP contribution in [0.3, 0.4) is 0 Å². The number of ether oxygens (including phenoxy) is 1. The fourth-order valence-corrected chi connectivity index (χ4v) is 2.22. The third kappa shape index (κ3) is 4.91. The summed E-state index contributed by atoms with van der Waals surface area (Å²) in [6.45, 7) is 4.82. The van der Waals surface area contributed by atoms with Gasteiger partial charge >= 0.3 is 0 Å². The van der Waals surface area contributed by atoms with Crippen molar-refractivity contribution in [2.45, 2.75) is 19.8 Å². The van der Waals surface area contributed by atoms with E-state index in [1.165, 1.54) is 12.1 Å². The van der Waals surface area contributed by atoms with Crippen LogP contribution in [0.25, 0.3) is 0 Å². The van der Waals surface area contributed by atoms with Gasteiger partial charge in [-0.2, -0.15) is 0 Å². The van der Waals surface area contributed by atoms with Crippen LogP contribution < -0.4 is 0 Å². The minimum atomic E-state index is 0.562. The highest BCUT2D eigenvalue weighted by atomic mass is 32.2. The van der Waals surface area contributed by atoms with E-state index in [0.29, 0.717) is 19.8 Å². The largest absolute Gasteiger partial charge is 0.379 e. The van der Waals surface area contributed by atoms with E-state index in [-0.39, 0.29) is 0 Å². The number of unbranched alkanes of at least 4 members (excludes halogenated alkanes) is 1. The first-order chi connectivity index (χ1) is 9.40. The molecule has 0 saturated heterocycles.